The lowest BCUT2D eigenvalue weighted by Crippen LogP contribution is -2.45. The highest BCUT2D eigenvalue weighted by Crippen LogP contribution is 2.25. The van der Waals surface area contributed by atoms with Crippen LogP contribution in [0.4, 0.5) is 0 Å². The van der Waals surface area contributed by atoms with Gasteiger partial charge in [0.1, 0.15) is 0 Å². The SMILES string of the molecule is CCc1nc(CN2CCNCC2c2cccc(Cl)c2)no1. The molecule has 2 aromatic rings. The first-order chi connectivity index (χ1) is 10.3. The molecule has 5 nitrogen and oxygen atoms in total. The number of halogens is 1. The Balaban J connectivity index is 1.78. The van der Waals surface area contributed by atoms with Crippen molar-refractivity contribution in [2.75, 3.05) is 19.6 Å². The van der Waals surface area contributed by atoms with Gasteiger partial charge in [0.15, 0.2) is 5.82 Å². The second-order valence-electron chi connectivity index (χ2n) is 5.20. The molecule has 1 aliphatic rings. The van der Waals surface area contributed by atoms with Gasteiger partial charge < -0.3 is 9.84 Å². The normalized spacial score (nSPS) is 19.8. The van der Waals surface area contributed by atoms with E-state index in [0.29, 0.717) is 12.4 Å². The molecule has 1 aromatic heterocycles. The number of rotatable bonds is 4. The van der Waals surface area contributed by atoms with Crippen LogP contribution >= 0.6 is 11.6 Å². The number of aromatic nitrogens is 2. The highest BCUT2D eigenvalue weighted by atomic mass is 35.5. The molecule has 0 saturated carbocycles. The third kappa shape index (κ3) is 3.43. The van der Waals surface area contributed by atoms with Gasteiger partial charge in [-0.05, 0) is 17.7 Å². The van der Waals surface area contributed by atoms with Crippen molar-refractivity contribution >= 4 is 11.6 Å². The van der Waals surface area contributed by atoms with Crippen molar-refractivity contribution in [1.82, 2.24) is 20.4 Å². The molecular formula is C15H19ClN4O. The Kier molecular flexibility index (Phi) is 4.53. The van der Waals surface area contributed by atoms with Gasteiger partial charge >= 0.3 is 0 Å². The Bertz CT molecular complexity index is 601. The minimum absolute atomic E-state index is 0.279. The molecule has 0 bridgehead atoms. The Morgan fingerprint density at radius 2 is 2.38 bits per heavy atom. The number of hydrogen-bond acceptors (Lipinski definition) is 5. The number of benzene rings is 1. The molecule has 112 valence electrons. The van der Waals surface area contributed by atoms with Crippen molar-refractivity contribution in [3.8, 4) is 0 Å². The predicted molar refractivity (Wildman–Crippen MR) is 81.1 cm³/mol. The van der Waals surface area contributed by atoms with Crippen LogP contribution in [0.3, 0.4) is 0 Å². The van der Waals surface area contributed by atoms with E-state index in [4.69, 9.17) is 16.1 Å². The molecule has 2 heterocycles. The third-order valence-electron chi connectivity index (χ3n) is 3.74. The van der Waals surface area contributed by atoms with Crippen LogP contribution in [0.15, 0.2) is 28.8 Å². The van der Waals surface area contributed by atoms with Gasteiger partial charge in [0, 0.05) is 37.1 Å². The molecule has 1 aliphatic heterocycles. The van der Waals surface area contributed by atoms with Gasteiger partial charge in [-0.2, -0.15) is 4.98 Å². The van der Waals surface area contributed by atoms with Gasteiger partial charge in [0.2, 0.25) is 5.89 Å². The lowest BCUT2D eigenvalue weighted by molar-refractivity contribution is 0.148. The smallest absolute Gasteiger partial charge is 0.226 e. The summed E-state index contributed by atoms with van der Waals surface area (Å²) in [7, 11) is 0. The van der Waals surface area contributed by atoms with E-state index in [1.165, 1.54) is 5.56 Å². The van der Waals surface area contributed by atoms with Gasteiger partial charge in [0.25, 0.3) is 0 Å². The first kappa shape index (κ1) is 14.5. The van der Waals surface area contributed by atoms with Crippen LogP contribution < -0.4 is 5.32 Å². The van der Waals surface area contributed by atoms with Crippen LogP contribution in [0.25, 0.3) is 0 Å². The first-order valence-corrected chi connectivity index (χ1v) is 7.65. The second-order valence-corrected chi connectivity index (χ2v) is 5.64. The van der Waals surface area contributed by atoms with Crippen LogP contribution in [-0.4, -0.2) is 34.7 Å². The average molecular weight is 307 g/mol. The minimum Gasteiger partial charge on any atom is -0.339 e. The van der Waals surface area contributed by atoms with Crippen LogP contribution in [0.2, 0.25) is 5.02 Å². The molecule has 6 heteroatoms. The fourth-order valence-corrected chi connectivity index (χ4v) is 2.86. The summed E-state index contributed by atoms with van der Waals surface area (Å²) in [6.07, 6.45) is 0.770. The highest BCUT2D eigenvalue weighted by Gasteiger charge is 2.25. The maximum absolute atomic E-state index is 6.12. The van der Waals surface area contributed by atoms with Gasteiger partial charge in [-0.3, -0.25) is 4.90 Å². The first-order valence-electron chi connectivity index (χ1n) is 7.28. The summed E-state index contributed by atoms with van der Waals surface area (Å²) in [5.74, 6) is 1.44. The molecule has 0 radical (unpaired) electrons. The van der Waals surface area contributed by atoms with Crippen molar-refractivity contribution in [1.29, 1.82) is 0 Å². The van der Waals surface area contributed by atoms with Crippen molar-refractivity contribution in [3.63, 3.8) is 0 Å². The summed E-state index contributed by atoms with van der Waals surface area (Å²) in [4.78, 5) is 6.77. The summed E-state index contributed by atoms with van der Waals surface area (Å²) < 4.78 is 5.19. The second kappa shape index (κ2) is 6.56. The largest absolute Gasteiger partial charge is 0.339 e. The molecule has 1 atom stereocenters. The maximum Gasteiger partial charge on any atom is 0.226 e. The van der Waals surface area contributed by atoms with Crippen LogP contribution in [0, 0.1) is 0 Å². The molecule has 1 fully saturated rings. The fraction of sp³-hybridized carbons (Fsp3) is 0.467. The Hall–Kier alpha value is -1.43. The molecule has 1 saturated heterocycles. The number of piperazine rings is 1. The van der Waals surface area contributed by atoms with E-state index in [2.05, 4.69) is 26.4 Å². The van der Waals surface area contributed by atoms with E-state index in [-0.39, 0.29) is 6.04 Å². The summed E-state index contributed by atoms with van der Waals surface area (Å²) in [6.45, 7) is 5.53. The van der Waals surface area contributed by atoms with E-state index in [0.717, 1.165) is 36.9 Å². The van der Waals surface area contributed by atoms with Crippen LogP contribution in [0.1, 0.15) is 30.2 Å². The monoisotopic (exact) mass is 306 g/mol. The fourth-order valence-electron chi connectivity index (χ4n) is 2.66. The molecule has 21 heavy (non-hydrogen) atoms. The van der Waals surface area contributed by atoms with E-state index in [9.17, 15) is 0 Å². The van der Waals surface area contributed by atoms with E-state index < -0.39 is 0 Å². The van der Waals surface area contributed by atoms with Gasteiger partial charge in [-0.1, -0.05) is 35.8 Å². The Morgan fingerprint density at radius 1 is 1.48 bits per heavy atom. The summed E-state index contributed by atoms with van der Waals surface area (Å²) in [5, 5.41) is 8.26. The standard InChI is InChI=1S/C15H19ClN4O/c1-2-15-18-14(19-21-15)10-20-7-6-17-9-13(20)11-4-3-5-12(16)8-11/h3-5,8,13,17H,2,6-7,9-10H2,1H3. The van der Waals surface area contributed by atoms with Gasteiger partial charge in [-0.25, -0.2) is 0 Å². The maximum atomic E-state index is 6.12. The highest BCUT2D eigenvalue weighted by molar-refractivity contribution is 6.30. The zero-order valence-electron chi connectivity index (χ0n) is 12.1. The Labute approximate surface area is 129 Å². The molecule has 0 amide bonds. The number of hydrogen-bond donors (Lipinski definition) is 1. The lowest BCUT2D eigenvalue weighted by Gasteiger charge is -2.35. The third-order valence-corrected chi connectivity index (χ3v) is 3.98. The summed E-state index contributed by atoms with van der Waals surface area (Å²) in [6, 6.07) is 8.32. The van der Waals surface area contributed by atoms with Crippen LogP contribution in [0.5, 0.6) is 0 Å². The minimum atomic E-state index is 0.279. The molecule has 0 spiro atoms. The zero-order valence-corrected chi connectivity index (χ0v) is 12.8. The zero-order chi connectivity index (χ0) is 14.7. The molecule has 3 rings (SSSR count). The van der Waals surface area contributed by atoms with Gasteiger partial charge in [0.05, 0.1) is 6.54 Å². The van der Waals surface area contributed by atoms with E-state index in [1.54, 1.807) is 0 Å². The quantitative estimate of drug-likeness (QED) is 0.940. The topological polar surface area (TPSA) is 54.2 Å². The molecule has 0 aliphatic carbocycles. The van der Waals surface area contributed by atoms with Crippen molar-refractivity contribution in [2.45, 2.75) is 25.9 Å². The van der Waals surface area contributed by atoms with E-state index in [1.807, 2.05) is 25.1 Å². The summed E-state index contributed by atoms with van der Waals surface area (Å²) >= 11 is 6.12. The van der Waals surface area contributed by atoms with Gasteiger partial charge in [-0.15, -0.1) is 0 Å². The van der Waals surface area contributed by atoms with Crippen LogP contribution in [-0.2, 0) is 13.0 Å². The van der Waals surface area contributed by atoms with Crippen molar-refractivity contribution in [3.05, 3.63) is 46.6 Å². The average Bonchev–Trinajstić information content (AvgIpc) is 2.95. The number of nitrogens with zero attached hydrogens (tertiary/aromatic N) is 3. The number of nitrogens with one attached hydrogen (secondary N) is 1. The van der Waals surface area contributed by atoms with Crippen molar-refractivity contribution < 1.29 is 4.52 Å². The molecule has 1 unspecified atom stereocenters. The van der Waals surface area contributed by atoms with E-state index >= 15 is 0 Å². The van der Waals surface area contributed by atoms with Crippen molar-refractivity contribution in [2.24, 2.45) is 0 Å². The lowest BCUT2D eigenvalue weighted by atomic mass is 10.0. The molecule has 1 aromatic carbocycles. The summed E-state index contributed by atoms with van der Waals surface area (Å²) in [5.41, 5.74) is 1.22. The molecule has 1 N–H and O–H groups in total. The Morgan fingerprint density at radius 3 is 3.14 bits per heavy atom. The number of aryl methyl sites for hydroxylation is 1. The molecular weight excluding hydrogens is 288 g/mol. The predicted octanol–water partition coefficient (Wildman–Crippen LogP) is 2.43.